The number of fused-ring (bicyclic) bond motifs is 1. The highest BCUT2D eigenvalue weighted by Crippen LogP contribution is 2.30. The molecular weight excluding hydrogens is 761 g/mol. The molecular formula is C40H45F2N15O2. The highest BCUT2D eigenvalue weighted by molar-refractivity contribution is 6.07. The van der Waals surface area contributed by atoms with Gasteiger partial charge in [0.25, 0.3) is 5.91 Å². The number of nitrogens with one attached hydrogen (secondary N) is 4. The number of aromatic nitrogens is 8. The zero-order valence-corrected chi connectivity index (χ0v) is 33.6. The maximum atomic E-state index is 15.1. The van der Waals surface area contributed by atoms with Gasteiger partial charge in [-0.3, -0.25) is 14.5 Å². The molecule has 6 aromatic rings. The predicted molar refractivity (Wildman–Crippen MR) is 222 cm³/mol. The first kappa shape index (κ1) is 40.3. The smallest absolute Gasteiger partial charge is 0.260 e. The summed E-state index contributed by atoms with van der Waals surface area (Å²) in [5.41, 5.74) is 2.21. The molecule has 0 saturated carbocycles. The van der Waals surface area contributed by atoms with Crippen LogP contribution in [0.1, 0.15) is 41.6 Å². The first-order valence-corrected chi connectivity index (χ1v) is 19.0. The summed E-state index contributed by atoms with van der Waals surface area (Å²) in [6.07, 6.45) is 2.78. The number of rotatable bonds is 13. The summed E-state index contributed by atoms with van der Waals surface area (Å²) < 4.78 is 32.1. The van der Waals surface area contributed by atoms with Gasteiger partial charge in [0.1, 0.15) is 34.5 Å². The number of piperazine rings is 1. The Bertz CT molecular complexity index is 2470. The zero-order chi connectivity index (χ0) is 41.8. The SMILES string of the molecule is CNc1ccc(C(=O)Nc2ccc(N(C)C)nn2)c(NCC(=O)N2CCN(Cc3ccc(Nc4ncc(F)c(-c5cc(F)c6nc(C)n(C(C)C)c6c5)n4)nc3)CC2)n1. The van der Waals surface area contributed by atoms with Crippen LogP contribution in [0.2, 0.25) is 0 Å². The minimum atomic E-state index is -0.688. The molecule has 7 rings (SSSR count). The van der Waals surface area contributed by atoms with Gasteiger partial charge in [0.2, 0.25) is 11.9 Å². The minimum Gasteiger partial charge on any atom is -0.373 e. The van der Waals surface area contributed by atoms with Crippen molar-refractivity contribution in [1.82, 2.24) is 49.5 Å². The summed E-state index contributed by atoms with van der Waals surface area (Å²) >= 11 is 0. The Morgan fingerprint density at radius 2 is 1.63 bits per heavy atom. The van der Waals surface area contributed by atoms with Crippen LogP contribution >= 0.6 is 0 Å². The fourth-order valence-electron chi connectivity index (χ4n) is 6.81. The summed E-state index contributed by atoms with van der Waals surface area (Å²) in [6.45, 7) is 8.67. The Hall–Kier alpha value is -6.89. The second-order valence-corrected chi connectivity index (χ2v) is 14.5. The van der Waals surface area contributed by atoms with E-state index in [4.69, 9.17) is 0 Å². The summed E-state index contributed by atoms with van der Waals surface area (Å²) in [5, 5.41) is 19.9. The van der Waals surface area contributed by atoms with Crippen LogP contribution < -0.4 is 26.2 Å². The second kappa shape index (κ2) is 17.3. The Balaban J connectivity index is 0.921. The largest absolute Gasteiger partial charge is 0.373 e. The van der Waals surface area contributed by atoms with E-state index in [0.29, 0.717) is 61.5 Å². The monoisotopic (exact) mass is 805 g/mol. The molecule has 19 heteroatoms. The van der Waals surface area contributed by atoms with Gasteiger partial charge in [-0.2, -0.15) is 0 Å². The fraction of sp³-hybridized carbons (Fsp3) is 0.325. The van der Waals surface area contributed by atoms with Crippen molar-refractivity contribution < 1.29 is 18.4 Å². The molecule has 306 valence electrons. The number of halogens is 2. The average Bonchev–Trinajstić information content (AvgIpc) is 3.58. The number of anilines is 6. The Labute approximate surface area is 339 Å². The van der Waals surface area contributed by atoms with E-state index in [9.17, 15) is 9.59 Å². The number of carbonyl (C=O) groups is 2. The van der Waals surface area contributed by atoms with Gasteiger partial charge in [0.15, 0.2) is 23.3 Å². The molecule has 1 aromatic carbocycles. The Morgan fingerprint density at radius 3 is 2.31 bits per heavy atom. The standard InChI is InChI=1S/C40H45F2N15O2/c1-23(2)57-24(3)47-37-28(41)17-26(18-30(37)57)36-29(42)20-46-40(51-36)50-32-9-7-25(19-44-32)22-55-13-15-56(16-14-55)35(58)21-45-38-27(8-10-31(43-4)48-38)39(59)49-33-11-12-34(53-52-33)54(5)6/h7-12,17-20,23H,13-16,21-22H2,1-6H3,(H2,43,45,48)(H,49,52,59)(H,44,46,50,51). The molecule has 1 aliphatic heterocycles. The quantitative estimate of drug-likeness (QED) is 0.121. The van der Waals surface area contributed by atoms with Crippen LogP contribution in [-0.2, 0) is 11.3 Å². The van der Waals surface area contributed by atoms with Crippen molar-refractivity contribution in [1.29, 1.82) is 0 Å². The molecule has 5 aromatic heterocycles. The van der Waals surface area contributed by atoms with Crippen molar-refractivity contribution in [2.45, 2.75) is 33.4 Å². The lowest BCUT2D eigenvalue weighted by Crippen LogP contribution is -2.49. The van der Waals surface area contributed by atoms with E-state index in [2.05, 4.69) is 61.3 Å². The Morgan fingerprint density at radius 1 is 0.864 bits per heavy atom. The van der Waals surface area contributed by atoms with Crippen molar-refractivity contribution in [2.24, 2.45) is 0 Å². The summed E-state index contributed by atoms with van der Waals surface area (Å²) in [7, 11) is 5.41. The van der Waals surface area contributed by atoms with Crippen molar-refractivity contribution in [3.63, 3.8) is 0 Å². The topological polar surface area (TPSA) is 187 Å². The van der Waals surface area contributed by atoms with Crippen LogP contribution in [0, 0.1) is 18.6 Å². The number of amides is 2. The fourth-order valence-corrected chi connectivity index (χ4v) is 6.81. The number of carbonyl (C=O) groups excluding carboxylic acids is 2. The van der Waals surface area contributed by atoms with Crippen molar-refractivity contribution >= 4 is 57.9 Å². The van der Waals surface area contributed by atoms with Crippen molar-refractivity contribution in [3.05, 3.63) is 89.5 Å². The molecule has 0 aliphatic carbocycles. The molecule has 6 heterocycles. The van der Waals surface area contributed by atoms with Crippen LogP contribution in [0.4, 0.5) is 43.8 Å². The number of nitrogens with zero attached hydrogens (tertiary/aromatic N) is 11. The van der Waals surface area contributed by atoms with Gasteiger partial charge in [-0.25, -0.2) is 33.7 Å². The molecule has 59 heavy (non-hydrogen) atoms. The molecule has 0 radical (unpaired) electrons. The van der Waals surface area contributed by atoms with Gasteiger partial charge in [0, 0.05) is 71.7 Å². The van der Waals surface area contributed by atoms with Gasteiger partial charge >= 0.3 is 0 Å². The van der Waals surface area contributed by atoms with E-state index in [1.54, 1.807) is 59.4 Å². The van der Waals surface area contributed by atoms with Crippen LogP contribution in [-0.4, -0.2) is 115 Å². The number of hydrogen-bond acceptors (Lipinski definition) is 14. The number of hydrogen-bond donors (Lipinski definition) is 4. The lowest BCUT2D eigenvalue weighted by Gasteiger charge is -2.34. The maximum Gasteiger partial charge on any atom is 0.260 e. The first-order chi connectivity index (χ1) is 28.4. The third-order valence-electron chi connectivity index (χ3n) is 9.81. The van der Waals surface area contributed by atoms with E-state index < -0.39 is 17.5 Å². The Kier molecular flexibility index (Phi) is 11.8. The first-order valence-electron chi connectivity index (χ1n) is 19.0. The van der Waals surface area contributed by atoms with Crippen LogP contribution in [0.3, 0.4) is 0 Å². The highest BCUT2D eigenvalue weighted by Gasteiger charge is 2.23. The van der Waals surface area contributed by atoms with Crippen LogP contribution in [0.15, 0.2) is 60.9 Å². The van der Waals surface area contributed by atoms with E-state index in [1.807, 2.05) is 45.5 Å². The van der Waals surface area contributed by atoms with Gasteiger partial charge in [-0.05, 0) is 68.8 Å². The number of pyridine rings is 2. The molecule has 2 amide bonds. The molecule has 0 spiro atoms. The van der Waals surface area contributed by atoms with E-state index in [-0.39, 0.29) is 58.4 Å². The molecule has 0 atom stereocenters. The third kappa shape index (κ3) is 9.14. The number of aryl methyl sites for hydroxylation is 1. The predicted octanol–water partition coefficient (Wildman–Crippen LogP) is 5.10. The van der Waals surface area contributed by atoms with E-state index in [1.165, 1.54) is 6.07 Å². The normalized spacial score (nSPS) is 13.1. The summed E-state index contributed by atoms with van der Waals surface area (Å²) in [5.74, 6) is 1.13. The highest BCUT2D eigenvalue weighted by atomic mass is 19.1. The van der Waals surface area contributed by atoms with Gasteiger partial charge in [-0.1, -0.05) is 6.07 Å². The van der Waals surface area contributed by atoms with Gasteiger partial charge in [0.05, 0.1) is 23.8 Å². The van der Waals surface area contributed by atoms with Crippen LogP contribution in [0.25, 0.3) is 22.3 Å². The molecule has 1 aliphatic rings. The number of imidazole rings is 1. The van der Waals surface area contributed by atoms with E-state index >= 15 is 8.78 Å². The third-order valence-corrected chi connectivity index (χ3v) is 9.81. The van der Waals surface area contributed by atoms with E-state index in [0.717, 1.165) is 11.8 Å². The second-order valence-electron chi connectivity index (χ2n) is 14.5. The molecule has 17 nitrogen and oxygen atoms in total. The summed E-state index contributed by atoms with van der Waals surface area (Å²) in [6, 6.07) is 13.4. The van der Waals surface area contributed by atoms with Gasteiger partial charge in [-0.15, -0.1) is 10.2 Å². The minimum absolute atomic E-state index is 0.0245. The lowest BCUT2D eigenvalue weighted by atomic mass is 10.1. The molecule has 1 saturated heterocycles. The van der Waals surface area contributed by atoms with Gasteiger partial charge < -0.3 is 35.6 Å². The zero-order valence-electron chi connectivity index (χ0n) is 33.6. The molecule has 1 fully saturated rings. The lowest BCUT2D eigenvalue weighted by molar-refractivity contribution is -0.131. The molecule has 0 unspecified atom stereocenters. The number of benzene rings is 1. The molecule has 4 N–H and O–H groups in total. The van der Waals surface area contributed by atoms with Crippen LogP contribution in [0.5, 0.6) is 0 Å². The summed E-state index contributed by atoms with van der Waals surface area (Å²) in [4.78, 5) is 54.1. The van der Waals surface area contributed by atoms with Crippen molar-refractivity contribution in [2.75, 3.05) is 80.0 Å². The average molecular weight is 806 g/mol. The van der Waals surface area contributed by atoms with Crippen molar-refractivity contribution in [3.8, 4) is 11.3 Å². The molecule has 0 bridgehead atoms. The maximum absolute atomic E-state index is 15.1.